The SMILES string of the molecule is CCCCCC(CC(=O)NO)C(=O)N[C@@H](C(=O)N1CCC[C@H]1COS(=O)(=O)O)C(C)C. The second-order valence-corrected chi connectivity index (χ2v) is 9.29. The van der Waals surface area contributed by atoms with E-state index in [9.17, 15) is 22.8 Å². The quantitative estimate of drug-likeness (QED) is 0.136. The van der Waals surface area contributed by atoms with Crippen LogP contribution in [0.3, 0.4) is 0 Å². The maximum Gasteiger partial charge on any atom is 0.397 e. The number of hydroxylamine groups is 1. The molecule has 11 nitrogen and oxygen atoms in total. The van der Waals surface area contributed by atoms with Crippen LogP contribution in [0.25, 0.3) is 0 Å². The molecule has 1 heterocycles. The molecule has 3 atom stereocenters. The number of nitrogens with one attached hydrogen (secondary N) is 2. The van der Waals surface area contributed by atoms with Gasteiger partial charge in [0.25, 0.3) is 0 Å². The minimum atomic E-state index is -4.62. The van der Waals surface area contributed by atoms with Crippen molar-refractivity contribution in [2.24, 2.45) is 11.8 Å². The molecule has 1 aliphatic heterocycles. The molecule has 0 aromatic rings. The lowest BCUT2D eigenvalue weighted by Crippen LogP contribution is -2.54. The number of likely N-dealkylation sites (tertiary alicyclic amines) is 1. The Kier molecular flexibility index (Phi) is 11.4. The van der Waals surface area contributed by atoms with Crippen molar-refractivity contribution in [2.75, 3.05) is 13.2 Å². The molecule has 4 N–H and O–H groups in total. The molecule has 1 saturated heterocycles. The summed E-state index contributed by atoms with van der Waals surface area (Å²) in [5.74, 6) is -2.44. The third kappa shape index (κ3) is 9.50. The van der Waals surface area contributed by atoms with Crippen LogP contribution < -0.4 is 10.8 Å². The molecule has 1 rings (SSSR count). The van der Waals surface area contributed by atoms with Gasteiger partial charge in [0.1, 0.15) is 6.04 Å². The molecule has 1 fully saturated rings. The van der Waals surface area contributed by atoms with E-state index in [0.29, 0.717) is 25.8 Å². The maximum atomic E-state index is 13.1. The Labute approximate surface area is 183 Å². The van der Waals surface area contributed by atoms with E-state index in [0.717, 1.165) is 19.3 Å². The van der Waals surface area contributed by atoms with E-state index in [-0.39, 0.29) is 24.9 Å². The topological polar surface area (TPSA) is 162 Å². The van der Waals surface area contributed by atoms with Crippen LogP contribution >= 0.6 is 0 Å². The first-order chi connectivity index (χ1) is 14.5. The molecular weight excluding hydrogens is 430 g/mol. The van der Waals surface area contributed by atoms with Crippen LogP contribution in [0.5, 0.6) is 0 Å². The van der Waals surface area contributed by atoms with Crippen LogP contribution in [-0.2, 0) is 29.0 Å². The van der Waals surface area contributed by atoms with Gasteiger partial charge in [-0.1, -0.05) is 40.0 Å². The van der Waals surface area contributed by atoms with Crippen molar-refractivity contribution >= 4 is 28.1 Å². The van der Waals surface area contributed by atoms with Gasteiger partial charge in [-0.2, -0.15) is 8.42 Å². The largest absolute Gasteiger partial charge is 0.397 e. The summed E-state index contributed by atoms with van der Waals surface area (Å²) in [6.07, 6.45) is 3.96. The highest BCUT2D eigenvalue weighted by Crippen LogP contribution is 2.22. The molecule has 0 aromatic heterocycles. The van der Waals surface area contributed by atoms with Crippen molar-refractivity contribution in [2.45, 2.75) is 77.8 Å². The molecule has 0 aromatic carbocycles. The number of hydrogen-bond acceptors (Lipinski definition) is 7. The van der Waals surface area contributed by atoms with Crippen LogP contribution in [0, 0.1) is 11.8 Å². The van der Waals surface area contributed by atoms with Crippen molar-refractivity contribution in [1.82, 2.24) is 15.7 Å². The van der Waals surface area contributed by atoms with E-state index in [4.69, 9.17) is 9.76 Å². The maximum absolute atomic E-state index is 13.1. The normalized spacial score (nSPS) is 18.6. The van der Waals surface area contributed by atoms with Crippen LogP contribution in [0.4, 0.5) is 0 Å². The first-order valence-electron chi connectivity index (χ1n) is 10.7. The van der Waals surface area contributed by atoms with E-state index in [1.165, 1.54) is 10.4 Å². The molecule has 0 spiro atoms. The van der Waals surface area contributed by atoms with Gasteiger partial charge in [0, 0.05) is 18.9 Å². The van der Waals surface area contributed by atoms with Crippen LogP contribution in [0.2, 0.25) is 0 Å². The Morgan fingerprint density at radius 2 is 1.90 bits per heavy atom. The van der Waals surface area contributed by atoms with Crippen molar-refractivity contribution in [3.63, 3.8) is 0 Å². The van der Waals surface area contributed by atoms with Crippen molar-refractivity contribution in [3.8, 4) is 0 Å². The summed E-state index contributed by atoms with van der Waals surface area (Å²) in [4.78, 5) is 39.1. The Morgan fingerprint density at radius 3 is 2.45 bits per heavy atom. The fourth-order valence-electron chi connectivity index (χ4n) is 3.66. The van der Waals surface area contributed by atoms with Crippen molar-refractivity contribution in [1.29, 1.82) is 0 Å². The number of nitrogens with zero attached hydrogens (tertiary/aromatic N) is 1. The predicted molar refractivity (Wildman–Crippen MR) is 111 cm³/mol. The molecule has 1 unspecified atom stereocenters. The monoisotopic (exact) mass is 465 g/mol. The average molecular weight is 466 g/mol. The lowest BCUT2D eigenvalue weighted by molar-refractivity contribution is -0.140. The zero-order valence-corrected chi connectivity index (χ0v) is 19.2. The van der Waals surface area contributed by atoms with E-state index in [1.54, 1.807) is 13.8 Å². The second kappa shape index (κ2) is 12.9. The lowest BCUT2D eigenvalue weighted by atomic mass is 9.94. The molecule has 1 aliphatic rings. The molecule has 0 aliphatic carbocycles. The third-order valence-electron chi connectivity index (χ3n) is 5.38. The van der Waals surface area contributed by atoms with Gasteiger partial charge < -0.3 is 10.2 Å². The highest BCUT2D eigenvalue weighted by Gasteiger charge is 2.37. The lowest BCUT2D eigenvalue weighted by Gasteiger charge is -2.31. The molecule has 0 bridgehead atoms. The van der Waals surface area contributed by atoms with Gasteiger partial charge in [-0.15, -0.1) is 0 Å². The minimum absolute atomic E-state index is 0.195. The summed E-state index contributed by atoms with van der Waals surface area (Å²) in [5.41, 5.74) is 1.54. The van der Waals surface area contributed by atoms with Gasteiger partial charge in [0.2, 0.25) is 17.7 Å². The van der Waals surface area contributed by atoms with Gasteiger partial charge in [0.15, 0.2) is 0 Å². The van der Waals surface area contributed by atoms with Crippen LogP contribution in [-0.4, -0.2) is 66.0 Å². The minimum Gasteiger partial charge on any atom is -0.344 e. The fourth-order valence-corrected chi connectivity index (χ4v) is 3.99. The summed E-state index contributed by atoms with van der Waals surface area (Å²) >= 11 is 0. The first-order valence-corrected chi connectivity index (χ1v) is 12.0. The van der Waals surface area contributed by atoms with E-state index >= 15 is 0 Å². The van der Waals surface area contributed by atoms with Gasteiger partial charge >= 0.3 is 10.4 Å². The highest BCUT2D eigenvalue weighted by atomic mass is 32.3. The number of carbonyl (C=O) groups is 3. The summed E-state index contributed by atoms with van der Waals surface area (Å²) in [6.45, 7) is 5.58. The Hall–Kier alpha value is -1.76. The van der Waals surface area contributed by atoms with E-state index in [1.807, 2.05) is 6.92 Å². The Balaban J connectivity index is 2.88. The summed E-state index contributed by atoms with van der Waals surface area (Å²) in [5, 5.41) is 11.6. The van der Waals surface area contributed by atoms with Gasteiger partial charge in [-0.25, -0.2) is 9.66 Å². The number of hydrogen-bond donors (Lipinski definition) is 4. The second-order valence-electron chi connectivity index (χ2n) is 8.20. The number of unbranched alkanes of at least 4 members (excludes halogenated alkanes) is 2. The molecule has 12 heteroatoms. The van der Waals surface area contributed by atoms with E-state index in [2.05, 4.69) is 9.50 Å². The summed E-state index contributed by atoms with van der Waals surface area (Å²) in [6, 6.07) is -1.40. The Morgan fingerprint density at radius 1 is 1.23 bits per heavy atom. The zero-order chi connectivity index (χ0) is 23.6. The molecule has 3 amide bonds. The smallest absolute Gasteiger partial charge is 0.344 e. The van der Waals surface area contributed by atoms with Crippen molar-refractivity contribution in [3.05, 3.63) is 0 Å². The standard InChI is InChI=1S/C19H35N3O8S/c1-4-5-6-8-14(11-16(23)21-26)18(24)20-17(13(2)3)19(25)22-10-7-9-15(22)12-30-31(27,28)29/h13-15,17,26H,4-12H2,1-3H3,(H,20,24)(H,21,23)(H,27,28,29)/t14?,15-,17+/m0/s1. The fraction of sp³-hybridized carbons (Fsp3) is 0.842. The summed E-state index contributed by atoms with van der Waals surface area (Å²) < 4.78 is 35.0. The Bertz CT molecular complexity index is 713. The molecule has 31 heavy (non-hydrogen) atoms. The number of rotatable bonds is 13. The van der Waals surface area contributed by atoms with E-state index < -0.39 is 40.2 Å². The first kappa shape index (κ1) is 27.3. The summed E-state index contributed by atoms with van der Waals surface area (Å²) in [7, 11) is -4.62. The number of amides is 3. The predicted octanol–water partition coefficient (Wildman–Crippen LogP) is 1.03. The molecule has 180 valence electrons. The van der Waals surface area contributed by atoms with Crippen molar-refractivity contribution < 1.29 is 36.7 Å². The molecule has 0 saturated carbocycles. The van der Waals surface area contributed by atoms with Crippen LogP contribution in [0.1, 0.15) is 65.7 Å². The van der Waals surface area contributed by atoms with Gasteiger partial charge in [-0.3, -0.25) is 24.1 Å². The zero-order valence-electron chi connectivity index (χ0n) is 18.4. The molecule has 0 radical (unpaired) electrons. The highest BCUT2D eigenvalue weighted by molar-refractivity contribution is 7.80. The van der Waals surface area contributed by atoms with Gasteiger partial charge in [0.05, 0.1) is 12.6 Å². The number of carbonyl (C=O) groups excluding carboxylic acids is 3. The van der Waals surface area contributed by atoms with Gasteiger partial charge in [-0.05, 0) is 25.2 Å². The third-order valence-corrected chi connectivity index (χ3v) is 5.82. The van der Waals surface area contributed by atoms with Crippen LogP contribution in [0.15, 0.2) is 0 Å². The molecular formula is C19H35N3O8S. The average Bonchev–Trinajstić information content (AvgIpc) is 3.17.